The van der Waals surface area contributed by atoms with Gasteiger partial charge in [0.1, 0.15) is 5.76 Å². The van der Waals surface area contributed by atoms with Gasteiger partial charge in [-0.25, -0.2) is 0 Å². The molecular formula is C13H15N3O2. The van der Waals surface area contributed by atoms with Crippen LogP contribution >= 0.6 is 0 Å². The molecule has 0 saturated carbocycles. The molecule has 2 aromatic rings. The molecule has 1 amide bonds. The van der Waals surface area contributed by atoms with Crippen molar-refractivity contribution in [3.05, 3.63) is 48.2 Å². The van der Waals surface area contributed by atoms with E-state index < -0.39 is 0 Å². The monoisotopic (exact) mass is 245 g/mol. The van der Waals surface area contributed by atoms with Crippen molar-refractivity contribution < 1.29 is 9.21 Å². The van der Waals surface area contributed by atoms with Gasteiger partial charge in [0, 0.05) is 24.9 Å². The predicted molar refractivity (Wildman–Crippen MR) is 67.5 cm³/mol. The molecule has 5 heteroatoms. The second-order valence-electron chi connectivity index (χ2n) is 4.03. The van der Waals surface area contributed by atoms with E-state index in [9.17, 15) is 4.79 Å². The van der Waals surface area contributed by atoms with Gasteiger partial charge in [-0.1, -0.05) is 0 Å². The Morgan fingerprint density at radius 3 is 3.06 bits per heavy atom. The highest BCUT2D eigenvalue weighted by molar-refractivity contribution is 5.91. The maximum atomic E-state index is 11.7. The fourth-order valence-electron chi connectivity index (χ4n) is 1.57. The van der Waals surface area contributed by atoms with Crippen LogP contribution in [-0.4, -0.2) is 15.7 Å². The van der Waals surface area contributed by atoms with E-state index in [1.807, 2.05) is 26.2 Å². The highest BCUT2D eigenvalue weighted by atomic mass is 16.3. The quantitative estimate of drug-likeness (QED) is 0.837. The topological polar surface area (TPSA) is 60.1 Å². The minimum atomic E-state index is -0.164. The third-order valence-corrected chi connectivity index (χ3v) is 2.48. The van der Waals surface area contributed by atoms with Gasteiger partial charge in [-0.05, 0) is 25.1 Å². The number of hydrogen-bond donors (Lipinski definition) is 1. The number of aromatic nitrogens is 2. The van der Waals surface area contributed by atoms with E-state index in [1.165, 1.54) is 6.08 Å². The summed E-state index contributed by atoms with van der Waals surface area (Å²) in [4.78, 5) is 11.7. The highest BCUT2D eigenvalue weighted by Crippen LogP contribution is 2.11. The smallest absolute Gasteiger partial charge is 0.244 e. The summed E-state index contributed by atoms with van der Waals surface area (Å²) in [5.74, 6) is 0.570. The van der Waals surface area contributed by atoms with Crippen molar-refractivity contribution in [1.29, 1.82) is 0 Å². The number of furan rings is 1. The summed E-state index contributed by atoms with van der Waals surface area (Å²) in [7, 11) is 1.83. The number of nitrogens with one attached hydrogen (secondary N) is 1. The molecule has 0 aliphatic heterocycles. The zero-order chi connectivity index (χ0) is 13.0. The molecule has 0 spiro atoms. The van der Waals surface area contributed by atoms with Crippen molar-refractivity contribution in [3.63, 3.8) is 0 Å². The standard InChI is InChI=1S/C13H15N3O2/c1-10(12-4-3-7-18-12)15-13(17)6-5-11-8-14-16(2)9-11/h3-10H,1-2H3,(H,15,17)/b6-5+. The lowest BCUT2D eigenvalue weighted by atomic mass is 10.2. The first-order valence-corrected chi connectivity index (χ1v) is 5.66. The molecule has 5 nitrogen and oxygen atoms in total. The molecule has 1 atom stereocenters. The number of nitrogens with zero attached hydrogens (tertiary/aromatic N) is 2. The van der Waals surface area contributed by atoms with Gasteiger partial charge in [-0.15, -0.1) is 0 Å². The van der Waals surface area contributed by atoms with E-state index >= 15 is 0 Å². The minimum absolute atomic E-state index is 0.147. The van der Waals surface area contributed by atoms with Crippen LogP contribution in [0.3, 0.4) is 0 Å². The first-order valence-electron chi connectivity index (χ1n) is 5.66. The van der Waals surface area contributed by atoms with Crippen LogP contribution in [-0.2, 0) is 11.8 Å². The molecular weight excluding hydrogens is 230 g/mol. The third-order valence-electron chi connectivity index (χ3n) is 2.48. The lowest BCUT2D eigenvalue weighted by molar-refractivity contribution is -0.117. The van der Waals surface area contributed by atoms with E-state index in [-0.39, 0.29) is 11.9 Å². The van der Waals surface area contributed by atoms with Crippen LogP contribution in [0.5, 0.6) is 0 Å². The largest absolute Gasteiger partial charge is 0.467 e. The fraction of sp³-hybridized carbons (Fsp3) is 0.231. The van der Waals surface area contributed by atoms with Crippen LogP contribution in [0.25, 0.3) is 6.08 Å². The van der Waals surface area contributed by atoms with Crippen LogP contribution < -0.4 is 5.32 Å². The molecule has 0 aliphatic rings. The minimum Gasteiger partial charge on any atom is -0.467 e. The van der Waals surface area contributed by atoms with E-state index in [2.05, 4.69) is 10.4 Å². The average molecular weight is 245 g/mol. The van der Waals surface area contributed by atoms with Crippen molar-refractivity contribution in [2.45, 2.75) is 13.0 Å². The molecule has 0 aliphatic carbocycles. The average Bonchev–Trinajstić information content (AvgIpc) is 2.97. The van der Waals surface area contributed by atoms with Gasteiger partial charge in [0.25, 0.3) is 0 Å². The molecule has 94 valence electrons. The van der Waals surface area contributed by atoms with E-state index in [4.69, 9.17) is 4.42 Å². The lowest BCUT2D eigenvalue weighted by Crippen LogP contribution is -2.24. The summed E-state index contributed by atoms with van der Waals surface area (Å²) in [6, 6.07) is 3.48. The van der Waals surface area contributed by atoms with Gasteiger partial charge < -0.3 is 9.73 Å². The Morgan fingerprint density at radius 2 is 2.44 bits per heavy atom. The van der Waals surface area contributed by atoms with Gasteiger partial charge in [0.15, 0.2) is 0 Å². The Labute approximate surface area is 105 Å². The second-order valence-corrected chi connectivity index (χ2v) is 4.03. The van der Waals surface area contributed by atoms with Gasteiger partial charge in [0.05, 0.1) is 18.5 Å². The van der Waals surface area contributed by atoms with Gasteiger partial charge in [-0.2, -0.15) is 5.10 Å². The molecule has 0 aromatic carbocycles. The summed E-state index contributed by atoms with van der Waals surface area (Å²) in [6.45, 7) is 1.87. The summed E-state index contributed by atoms with van der Waals surface area (Å²) in [5.41, 5.74) is 0.887. The molecule has 0 saturated heterocycles. The van der Waals surface area contributed by atoms with Crippen LogP contribution in [0.4, 0.5) is 0 Å². The van der Waals surface area contributed by atoms with Crippen molar-refractivity contribution in [2.24, 2.45) is 7.05 Å². The Morgan fingerprint density at radius 1 is 1.61 bits per heavy atom. The van der Waals surface area contributed by atoms with Crippen molar-refractivity contribution in [3.8, 4) is 0 Å². The van der Waals surface area contributed by atoms with Crippen LogP contribution in [0.2, 0.25) is 0 Å². The number of aryl methyl sites for hydroxylation is 1. The zero-order valence-corrected chi connectivity index (χ0v) is 10.3. The summed E-state index contributed by atoms with van der Waals surface area (Å²) in [6.07, 6.45) is 8.32. The van der Waals surface area contributed by atoms with E-state index in [0.717, 1.165) is 11.3 Å². The number of hydrogen-bond acceptors (Lipinski definition) is 3. The number of rotatable bonds is 4. The number of carbonyl (C=O) groups excluding carboxylic acids is 1. The SMILES string of the molecule is CC(NC(=O)/C=C/c1cnn(C)c1)c1ccco1. The van der Waals surface area contributed by atoms with Gasteiger partial charge in [-0.3, -0.25) is 9.48 Å². The summed E-state index contributed by atoms with van der Waals surface area (Å²) >= 11 is 0. The number of carbonyl (C=O) groups is 1. The first kappa shape index (κ1) is 12.2. The Hall–Kier alpha value is -2.30. The maximum absolute atomic E-state index is 11.7. The van der Waals surface area contributed by atoms with Crippen molar-refractivity contribution in [1.82, 2.24) is 15.1 Å². The molecule has 2 heterocycles. The molecule has 1 N–H and O–H groups in total. The number of amides is 1. The van der Waals surface area contributed by atoms with Crippen molar-refractivity contribution >= 4 is 12.0 Å². The molecule has 18 heavy (non-hydrogen) atoms. The molecule has 0 radical (unpaired) electrons. The van der Waals surface area contributed by atoms with Crippen molar-refractivity contribution in [2.75, 3.05) is 0 Å². The van der Waals surface area contributed by atoms with E-state index in [1.54, 1.807) is 29.3 Å². The molecule has 0 bridgehead atoms. The highest BCUT2D eigenvalue weighted by Gasteiger charge is 2.09. The normalized spacial score (nSPS) is 12.8. The molecule has 1 unspecified atom stereocenters. The molecule has 2 rings (SSSR count). The zero-order valence-electron chi connectivity index (χ0n) is 10.3. The molecule has 0 fully saturated rings. The summed E-state index contributed by atoms with van der Waals surface area (Å²) in [5, 5.41) is 6.83. The summed E-state index contributed by atoms with van der Waals surface area (Å²) < 4.78 is 6.89. The predicted octanol–water partition coefficient (Wildman–Crippen LogP) is 1.90. The Bertz CT molecular complexity index is 540. The lowest BCUT2D eigenvalue weighted by Gasteiger charge is -2.08. The van der Waals surface area contributed by atoms with Gasteiger partial charge >= 0.3 is 0 Å². The Kier molecular flexibility index (Phi) is 3.62. The second kappa shape index (κ2) is 5.35. The third kappa shape index (κ3) is 3.10. The van der Waals surface area contributed by atoms with Gasteiger partial charge in [0.2, 0.25) is 5.91 Å². The fourth-order valence-corrected chi connectivity index (χ4v) is 1.57. The van der Waals surface area contributed by atoms with Crippen LogP contribution in [0.15, 0.2) is 41.3 Å². The van der Waals surface area contributed by atoms with Crippen LogP contribution in [0.1, 0.15) is 24.3 Å². The maximum Gasteiger partial charge on any atom is 0.244 e. The van der Waals surface area contributed by atoms with Crippen LogP contribution in [0, 0.1) is 0 Å². The Balaban J connectivity index is 1.91. The van der Waals surface area contributed by atoms with E-state index in [0.29, 0.717) is 0 Å². The molecule has 2 aromatic heterocycles. The first-order chi connectivity index (χ1) is 8.65.